The minimum absolute atomic E-state index is 0.296. The van der Waals surface area contributed by atoms with E-state index in [9.17, 15) is 0 Å². The van der Waals surface area contributed by atoms with Crippen LogP contribution in [0.1, 0.15) is 12.8 Å². The number of hydrogen-bond acceptors (Lipinski definition) is 4. The average Bonchev–Trinajstić information content (AvgIpc) is 3.48. The Morgan fingerprint density at radius 2 is 1.35 bits per heavy atom. The highest BCUT2D eigenvalue weighted by atomic mass is 32.2. The number of epoxide rings is 1. The lowest BCUT2D eigenvalue weighted by Crippen LogP contribution is -2.03. The maximum Gasteiger partial charge on any atom is 0.119 e. The zero-order valence-corrected chi connectivity index (χ0v) is 13.8. The van der Waals surface area contributed by atoms with Crippen LogP contribution in [0.5, 0.6) is 11.5 Å². The zero-order valence-electron chi connectivity index (χ0n) is 12.9. The third kappa shape index (κ3) is 4.66. The van der Waals surface area contributed by atoms with Gasteiger partial charge in [-0.3, -0.25) is 0 Å². The number of rotatable bonds is 8. The number of ether oxygens (including phenoxy) is 3. The van der Waals surface area contributed by atoms with E-state index >= 15 is 0 Å². The van der Waals surface area contributed by atoms with Gasteiger partial charge in [-0.2, -0.15) is 0 Å². The van der Waals surface area contributed by atoms with E-state index in [0.717, 1.165) is 30.6 Å². The molecule has 1 heterocycles. The highest BCUT2D eigenvalue weighted by Gasteiger charge is 2.23. The third-order valence-electron chi connectivity index (χ3n) is 3.90. The molecule has 0 N–H and O–H groups in total. The molecule has 0 spiro atoms. The van der Waals surface area contributed by atoms with Crippen LogP contribution < -0.4 is 9.47 Å². The van der Waals surface area contributed by atoms with Gasteiger partial charge in [-0.1, -0.05) is 11.8 Å². The molecule has 2 aromatic rings. The number of benzene rings is 2. The van der Waals surface area contributed by atoms with E-state index in [1.807, 2.05) is 12.1 Å². The molecule has 23 heavy (non-hydrogen) atoms. The van der Waals surface area contributed by atoms with Crippen molar-refractivity contribution in [3.05, 3.63) is 48.5 Å². The first-order chi connectivity index (χ1) is 11.3. The van der Waals surface area contributed by atoms with Gasteiger partial charge in [0.25, 0.3) is 0 Å². The van der Waals surface area contributed by atoms with Crippen molar-refractivity contribution in [2.45, 2.75) is 28.7 Å². The van der Waals surface area contributed by atoms with Gasteiger partial charge in [0, 0.05) is 9.79 Å². The predicted molar refractivity (Wildman–Crippen MR) is 90.5 cm³/mol. The van der Waals surface area contributed by atoms with Crippen molar-refractivity contribution in [1.29, 1.82) is 0 Å². The predicted octanol–water partition coefficient (Wildman–Crippen LogP) is 4.40. The van der Waals surface area contributed by atoms with Gasteiger partial charge in [0.05, 0.1) is 13.2 Å². The van der Waals surface area contributed by atoms with Gasteiger partial charge in [-0.25, -0.2) is 0 Å². The summed E-state index contributed by atoms with van der Waals surface area (Å²) < 4.78 is 16.6. The Balaban J connectivity index is 1.29. The monoisotopic (exact) mass is 328 g/mol. The lowest BCUT2D eigenvalue weighted by Gasteiger charge is -2.07. The molecule has 120 valence electrons. The summed E-state index contributed by atoms with van der Waals surface area (Å²) in [5.74, 6) is 2.65. The Hall–Kier alpha value is -1.65. The molecule has 0 amide bonds. The molecular formula is C19H20O3S. The topological polar surface area (TPSA) is 31.0 Å². The Labute approximate surface area is 140 Å². The van der Waals surface area contributed by atoms with Crippen molar-refractivity contribution in [1.82, 2.24) is 0 Å². The molecule has 4 rings (SSSR count). The first-order valence-electron chi connectivity index (χ1n) is 8.10. The van der Waals surface area contributed by atoms with E-state index < -0.39 is 0 Å². The van der Waals surface area contributed by atoms with Gasteiger partial charge < -0.3 is 14.2 Å². The van der Waals surface area contributed by atoms with Crippen LogP contribution >= 0.6 is 11.8 Å². The molecule has 2 fully saturated rings. The van der Waals surface area contributed by atoms with Crippen molar-refractivity contribution < 1.29 is 14.2 Å². The zero-order chi connectivity index (χ0) is 15.5. The molecular weight excluding hydrogens is 308 g/mol. The van der Waals surface area contributed by atoms with Gasteiger partial charge >= 0.3 is 0 Å². The van der Waals surface area contributed by atoms with Gasteiger partial charge in [-0.15, -0.1) is 0 Å². The molecule has 1 atom stereocenters. The molecule has 1 saturated carbocycles. The summed E-state index contributed by atoms with van der Waals surface area (Å²) in [6, 6.07) is 16.5. The average molecular weight is 328 g/mol. The summed E-state index contributed by atoms with van der Waals surface area (Å²) in [5.41, 5.74) is 0. The van der Waals surface area contributed by atoms with Crippen LogP contribution in [-0.4, -0.2) is 25.9 Å². The second-order valence-corrected chi connectivity index (χ2v) is 7.21. The van der Waals surface area contributed by atoms with Gasteiger partial charge in [0.1, 0.15) is 24.2 Å². The SMILES string of the molecule is c1cc(Sc2ccc(OCC3CO3)cc2)ccc1OCC1CC1. The first kappa shape index (κ1) is 14.9. The standard InChI is InChI=1S/C19H20O3S/c1-2-14(1)11-20-15-3-7-18(8-4-15)23-19-9-5-16(6-10-19)21-12-17-13-22-17/h3-10,14,17H,1-2,11-13H2. The molecule has 1 unspecified atom stereocenters. The van der Waals surface area contributed by atoms with Gasteiger partial charge in [0.2, 0.25) is 0 Å². The summed E-state index contributed by atoms with van der Waals surface area (Å²) >= 11 is 1.74. The first-order valence-corrected chi connectivity index (χ1v) is 8.92. The Bertz CT molecular complexity index is 573. The second-order valence-electron chi connectivity index (χ2n) is 6.07. The van der Waals surface area contributed by atoms with Crippen molar-refractivity contribution in [2.75, 3.05) is 19.8 Å². The van der Waals surface area contributed by atoms with Crippen molar-refractivity contribution >= 4 is 11.8 Å². The maximum absolute atomic E-state index is 5.77. The van der Waals surface area contributed by atoms with E-state index in [-0.39, 0.29) is 0 Å². The normalized spacial score (nSPS) is 19.4. The molecule has 2 aliphatic rings. The largest absolute Gasteiger partial charge is 0.493 e. The van der Waals surface area contributed by atoms with Crippen LogP contribution in [0.25, 0.3) is 0 Å². The Morgan fingerprint density at radius 1 is 0.826 bits per heavy atom. The van der Waals surface area contributed by atoms with Gasteiger partial charge in [-0.05, 0) is 67.3 Å². The van der Waals surface area contributed by atoms with Gasteiger partial charge in [0.15, 0.2) is 0 Å². The quantitative estimate of drug-likeness (QED) is 0.672. The summed E-state index contributed by atoms with van der Waals surface area (Å²) in [4.78, 5) is 2.41. The highest BCUT2D eigenvalue weighted by Crippen LogP contribution is 2.32. The van der Waals surface area contributed by atoms with Crippen LogP contribution in [0.15, 0.2) is 58.3 Å². The van der Waals surface area contributed by atoms with Crippen LogP contribution in [0.2, 0.25) is 0 Å². The van der Waals surface area contributed by atoms with Crippen molar-refractivity contribution in [3.8, 4) is 11.5 Å². The Morgan fingerprint density at radius 3 is 1.83 bits per heavy atom. The van der Waals surface area contributed by atoms with Crippen LogP contribution in [0.3, 0.4) is 0 Å². The fourth-order valence-corrected chi connectivity index (χ4v) is 3.01. The molecule has 0 bridgehead atoms. The molecule has 0 radical (unpaired) electrons. The molecule has 3 nitrogen and oxygen atoms in total. The lowest BCUT2D eigenvalue weighted by molar-refractivity contribution is 0.263. The van der Waals surface area contributed by atoms with Crippen molar-refractivity contribution in [2.24, 2.45) is 5.92 Å². The summed E-state index contributed by atoms with van der Waals surface area (Å²) in [6.07, 6.45) is 2.94. The second kappa shape index (κ2) is 6.85. The molecule has 1 aliphatic carbocycles. The van der Waals surface area contributed by atoms with Crippen molar-refractivity contribution in [3.63, 3.8) is 0 Å². The van der Waals surface area contributed by atoms with E-state index in [2.05, 4.69) is 36.4 Å². The molecule has 0 aromatic heterocycles. The minimum atomic E-state index is 0.296. The third-order valence-corrected chi connectivity index (χ3v) is 4.92. The minimum Gasteiger partial charge on any atom is -0.493 e. The summed E-state index contributed by atoms with van der Waals surface area (Å²) in [7, 11) is 0. The molecule has 1 saturated heterocycles. The van der Waals surface area contributed by atoms with E-state index in [1.165, 1.54) is 22.6 Å². The molecule has 1 aliphatic heterocycles. The highest BCUT2D eigenvalue weighted by molar-refractivity contribution is 7.99. The molecule has 4 heteroatoms. The van der Waals surface area contributed by atoms with E-state index in [4.69, 9.17) is 14.2 Å². The van der Waals surface area contributed by atoms with Crippen LogP contribution in [0.4, 0.5) is 0 Å². The maximum atomic E-state index is 5.77. The summed E-state index contributed by atoms with van der Waals surface area (Å²) in [6.45, 7) is 2.34. The van der Waals surface area contributed by atoms with Crippen LogP contribution in [-0.2, 0) is 4.74 Å². The number of hydrogen-bond donors (Lipinski definition) is 0. The molecule has 2 aromatic carbocycles. The Kier molecular flexibility index (Phi) is 4.44. The fourth-order valence-electron chi connectivity index (χ4n) is 2.20. The fraction of sp³-hybridized carbons (Fsp3) is 0.368. The van der Waals surface area contributed by atoms with Crippen LogP contribution in [0, 0.1) is 5.92 Å². The smallest absolute Gasteiger partial charge is 0.119 e. The van der Waals surface area contributed by atoms with E-state index in [1.54, 1.807) is 11.8 Å². The van der Waals surface area contributed by atoms with E-state index in [0.29, 0.717) is 12.7 Å². The lowest BCUT2D eigenvalue weighted by atomic mass is 10.3. The summed E-state index contributed by atoms with van der Waals surface area (Å²) in [5, 5.41) is 0.